The number of hydrogen-bond donors (Lipinski definition) is 0. The molecule has 8 aromatic rings. The number of nitrogens with zero attached hydrogens (tertiary/aromatic N) is 3. The van der Waals surface area contributed by atoms with Gasteiger partial charge in [0.05, 0.1) is 19.8 Å². The lowest BCUT2D eigenvalue weighted by atomic mass is 10.0. The summed E-state index contributed by atoms with van der Waals surface area (Å²) in [6, 6.07) is 71.2. The van der Waals surface area contributed by atoms with E-state index in [9.17, 15) is 14.4 Å². The molecule has 0 aromatic heterocycles. The molecule has 0 heterocycles. The Morgan fingerprint density at radius 3 is 0.861 bits per heavy atom. The summed E-state index contributed by atoms with van der Waals surface area (Å²) in [6.45, 7) is 11.2. The number of anilines is 9. The first-order valence-electron chi connectivity index (χ1n) is 23.8. The number of carbonyl (C=O) groups is 3. The van der Waals surface area contributed by atoms with Crippen LogP contribution in [0.3, 0.4) is 0 Å². The van der Waals surface area contributed by atoms with E-state index in [2.05, 4.69) is 192 Å². The van der Waals surface area contributed by atoms with Gasteiger partial charge in [0, 0.05) is 88.7 Å². The standard InChI is InChI=1S/C63H55N3O6/c1-4-61(67)70-43-40-47-20-30-54(31-21-47)64(55-32-22-48(23-33-55)41-44-71-62(68)5-2)57-36-26-50(27-37-57)51-28-38-58(39-29-51)66(53-16-11-8-12-17-53)60-19-13-18-59(46-60)65(52-14-9-7-10-15-52)56-34-24-49(25-35-56)42-45-72-63(69)6-3/h4-39,46H,1-3,40-45H2. The molecule has 0 aliphatic rings. The molecule has 0 amide bonds. The highest BCUT2D eigenvalue weighted by molar-refractivity contribution is 5.85. The summed E-state index contributed by atoms with van der Waals surface area (Å²) < 4.78 is 15.7. The van der Waals surface area contributed by atoms with Crippen molar-refractivity contribution < 1.29 is 28.6 Å². The zero-order valence-corrected chi connectivity index (χ0v) is 40.0. The number of esters is 3. The number of benzene rings is 8. The fourth-order valence-corrected chi connectivity index (χ4v) is 8.29. The molecule has 0 saturated heterocycles. The molecule has 0 aliphatic carbocycles. The van der Waals surface area contributed by atoms with Crippen molar-refractivity contribution in [1.82, 2.24) is 0 Å². The minimum Gasteiger partial charge on any atom is -0.462 e. The second kappa shape index (κ2) is 24.4. The lowest BCUT2D eigenvalue weighted by Crippen LogP contribution is -2.13. The lowest BCUT2D eigenvalue weighted by Gasteiger charge is -2.29. The zero-order valence-electron chi connectivity index (χ0n) is 40.0. The Balaban J connectivity index is 1.06. The Morgan fingerprint density at radius 1 is 0.319 bits per heavy atom. The predicted molar refractivity (Wildman–Crippen MR) is 291 cm³/mol. The number of hydrogen-bond acceptors (Lipinski definition) is 9. The van der Waals surface area contributed by atoms with Crippen LogP contribution < -0.4 is 14.7 Å². The smallest absolute Gasteiger partial charge is 0.330 e. The molecule has 0 saturated carbocycles. The quantitative estimate of drug-likeness (QED) is 0.0374. The maximum absolute atomic E-state index is 11.6. The van der Waals surface area contributed by atoms with E-state index >= 15 is 0 Å². The highest BCUT2D eigenvalue weighted by Crippen LogP contribution is 2.41. The summed E-state index contributed by atoms with van der Waals surface area (Å²) in [5, 5.41) is 0. The topological polar surface area (TPSA) is 88.6 Å². The van der Waals surface area contributed by atoms with E-state index in [0.29, 0.717) is 19.3 Å². The molecule has 0 N–H and O–H groups in total. The van der Waals surface area contributed by atoms with Crippen LogP contribution in [0.25, 0.3) is 11.1 Å². The van der Waals surface area contributed by atoms with Crippen molar-refractivity contribution in [2.75, 3.05) is 34.5 Å². The van der Waals surface area contributed by atoms with Gasteiger partial charge in [0.1, 0.15) is 0 Å². The van der Waals surface area contributed by atoms with E-state index < -0.39 is 17.9 Å². The van der Waals surface area contributed by atoms with Gasteiger partial charge < -0.3 is 28.9 Å². The van der Waals surface area contributed by atoms with Crippen molar-refractivity contribution >= 4 is 69.1 Å². The van der Waals surface area contributed by atoms with Crippen molar-refractivity contribution in [3.8, 4) is 11.1 Å². The van der Waals surface area contributed by atoms with Crippen molar-refractivity contribution in [2.24, 2.45) is 0 Å². The van der Waals surface area contributed by atoms with Gasteiger partial charge in [-0.3, -0.25) is 0 Å². The van der Waals surface area contributed by atoms with Gasteiger partial charge in [-0.05, 0) is 131 Å². The molecule has 72 heavy (non-hydrogen) atoms. The van der Waals surface area contributed by atoms with E-state index in [1.807, 2.05) is 48.5 Å². The first-order chi connectivity index (χ1) is 35.3. The van der Waals surface area contributed by atoms with Gasteiger partial charge in [-0.15, -0.1) is 0 Å². The molecular formula is C63H55N3O6. The number of para-hydroxylation sites is 2. The van der Waals surface area contributed by atoms with Crippen LogP contribution in [-0.4, -0.2) is 37.7 Å². The summed E-state index contributed by atoms with van der Waals surface area (Å²) in [4.78, 5) is 41.5. The Labute approximate surface area is 421 Å². The first kappa shape index (κ1) is 49.2. The Hall–Kier alpha value is -9.21. The molecule has 0 spiro atoms. The Kier molecular flexibility index (Phi) is 16.7. The molecule has 0 bridgehead atoms. The average Bonchev–Trinajstić information content (AvgIpc) is 3.43. The number of carbonyl (C=O) groups excluding carboxylic acids is 3. The Bertz CT molecular complexity index is 3010. The van der Waals surface area contributed by atoms with E-state index in [1.165, 1.54) is 18.2 Å². The Morgan fingerprint density at radius 2 is 0.569 bits per heavy atom. The minimum absolute atomic E-state index is 0.266. The monoisotopic (exact) mass is 949 g/mol. The molecule has 8 rings (SSSR count). The third-order valence-corrected chi connectivity index (χ3v) is 11.9. The molecule has 0 unspecified atom stereocenters. The largest absolute Gasteiger partial charge is 0.462 e. The van der Waals surface area contributed by atoms with Crippen LogP contribution in [0.2, 0.25) is 0 Å². The summed E-state index contributed by atoms with van der Waals surface area (Å²) in [7, 11) is 0. The number of rotatable bonds is 22. The lowest BCUT2D eigenvalue weighted by molar-refractivity contribution is -0.138. The van der Waals surface area contributed by atoms with Crippen LogP contribution in [0.4, 0.5) is 51.2 Å². The summed E-state index contributed by atoms with van der Waals surface area (Å²) in [5.74, 6) is -1.30. The van der Waals surface area contributed by atoms with E-state index in [0.717, 1.165) is 79.0 Å². The minimum atomic E-state index is -0.439. The third kappa shape index (κ3) is 12.7. The molecule has 0 fully saturated rings. The summed E-state index contributed by atoms with van der Waals surface area (Å²) in [5.41, 5.74) is 14.2. The van der Waals surface area contributed by atoms with Gasteiger partial charge >= 0.3 is 17.9 Å². The first-order valence-corrected chi connectivity index (χ1v) is 23.8. The van der Waals surface area contributed by atoms with Gasteiger partial charge in [-0.1, -0.05) is 123 Å². The molecule has 358 valence electrons. The molecule has 0 aliphatic heterocycles. The van der Waals surface area contributed by atoms with Crippen molar-refractivity contribution in [2.45, 2.75) is 19.3 Å². The fraction of sp³-hybridized carbons (Fsp3) is 0.0952. The SMILES string of the molecule is C=CC(=O)OCCc1ccc(N(c2ccc(CCOC(=O)C=C)cc2)c2ccc(-c3ccc(N(c4ccccc4)c4cccc(N(c5ccccc5)c5ccc(CCOC(=O)C=C)cc5)c4)cc3)cc2)cc1. The second-order valence-electron chi connectivity index (χ2n) is 16.7. The van der Waals surface area contributed by atoms with Crippen molar-refractivity contribution in [1.29, 1.82) is 0 Å². The van der Waals surface area contributed by atoms with Gasteiger partial charge in [0.15, 0.2) is 0 Å². The van der Waals surface area contributed by atoms with Crippen molar-refractivity contribution in [3.63, 3.8) is 0 Å². The van der Waals surface area contributed by atoms with E-state index in [-0.39, 0.29) is 19.8 Å². The molecular weight excluding hydrogens is 895 g/mol. The van der Waals surface area contributed by atoms with E-state index in [1.54, 1.807) is 0 Å². The molecule has 0 radical (unpaired) electrons. The third-order valence-electron chi connectivity index (χ3n) is 11.9. The second-order valence-corrected chi connectivity index (χ2v) is 16.7. The zero-order chi connectivity index (χ0) is 50.1. The fourth-order valence-electron chi connectivity index (χ4n) is 8.29. The van der Waals surface area contributed by atoms with Crippen LogP contribution in [-0.2, 0) is 47.9 Å². The van der Waals surface area contributed by atoms with Crippen LogP contribution >= 0.6 is 0 Å². The average molecular weight is 950 g/mol. The molecule has 9 nitrogen and oxygen atoms in total. The van der Waals surface area contributed by atoms with Crippen LogP contribution in [0.15, 0.2) is 244 Å². The highest BCUT2D eigenvalue weighted by Gasteiger charge is 2.19. The summed E-state index contributed by atoms with van der Waals surface area (Å²) >= 11 is 0. The highest BCUT2D eigenvalue weighted by atomic mass is 16.5. The van der Waals surface area contributed by atoms with Crippen LogP contribution in [0.5, 0.6) is 0 Å². The van der Waals surface area contributed by atoms with Crippen molar-refractivity contribution in [3.05, 3.63) is 261 Å². The van der Waals surface area contributed by atoms with Gasteiger partial charge in [0.2, 0.25) is 0 Å². The van der Waals surface area contributed by atoms with Gasteiger partial charge in [-0.2, -0.15) is 0 Å². The van der Waals surface area contributed by atoms with Gasteiger partial charge in [0.25, 0.3) is 0 Å². The maximum atomic E-state index is 11.6. The number of ether oxygens (including phenoxy) is 3. The van der Waals surface area contributed by atoms with Crippen LogP contribution in [0.1, 0.15) is 16.7 Å². The van der Waals surface area contributed by atoms with E-state index in [4.69, 9.17) is 14.2 Å². The van der Waals surface area contributed by atoms with Gasteiger partial charge in [-0.25, -0.2) is 14.4 Å². The molecule has 9 heteroatoms. The van der Waals surface area contributed by atoms with Crippen LogP contribution in [0, 0.1) is 0 Å². The molecule has 0 atom stereocenters. The summed E-state index contributed by atoms with van der Waals surface area (Å²) in [6.07, 6.45) is 5.28. The normalized spacial score (nSPS) is 10.6. The predicted octanol–water partition coefficient (Wildman–Crippen LogP) is 14.6. The molecule has 8 aromatic carbocycles. The maximum Gasteiger partial charge on any atom is 0.330 e.